The van der Waals surface area contributed by atoms with Crippen molar-refractivity contribution in [1.29, 1.82) is 0 Å². The smallest absolute Gasteiger partial charge is 0.0470 e. The Bertz CT molecular complexity index is 176. The summed E-state index contributed by atoms with van der Waals surface area (Å²) in [6.07, 6.45) is 0. The van der Waals surface area contributed by atoms with Crippen LogP contribution in [-0.2, 0) is 0 Å². The van der Waals surface area contributed by atoms with Gasteiger partial charge in [-0.15, -0.1) is 0 Å². The summed E-state index contributed by atoms with van der Waals surface area (Å²) in [5, 5.41) is 0. The normalized spacial score (nSPS) is 12.3. The van der Waals surface area contributed by atoms with Crippen LogP contribution >= 0.6 is 0 Å². The fraction of sp³-hybridized carbons (Fsp3) is 1.00. The molecule has 0 saturated heterocycles. The van der Waals surface area contributed by atoms with Crippen molar-refractivity contribution in [2.24, 2.45) is 0 Å². The second kappa shape index (κ2) is 13.1. The molecule has 3 heteroatoms. The van der Waals surface area contributed by atoms with E-state index >= 15 is 0 Å². The van der Waals surface area contributed by atoms with Gasteiger partial charge in [0.2, 0.25) is 0 Å². The van der Waals surface area contributed by atoms with E-state index in [0.717, 1.165) is 0 Å². The second-order valence-corrected chi connectivity index (χ2v) is 26.7. The Balaban J connectivity index is 0. The summed E-state index contributed by atoms with van der Waals surface area (Å²) in [6, 6.07) is 13.7. The molecule has 0 saturated carbocycles. The van der Waals surface area contributed by atoms with Gasteiger partial charge in [-0.3, -0.25) is 0 Å². The fourth-order valence-electron chi connectivity index (χ4n) is 4.62. The van der Waals surface area contributed by atoms with Crippen molar-refractivity contribution in [2.75, 3.05) is 0 Å². The third-order valence-corrected chi connectivity index (χ3v) is 33.9. The van der Waals surface area contributed by atoms with Crippen molar-refractivity contribution in [3.05, 3.63) is 0 Å². The van der Waals surface area contributed by atoms with E-state index in [1.165, 1.54) is 18.1 Å². The molecular formula is C18H46Si3. The van der Waals surface area contributed by atoms with Gasteiger partial charge in [0.25, 0.3) is 0 Å². The molecular weight excluding hydrogens is 300 g/mol. The molecule has 0 bridgehead atoms. The minimum absolute atomic E-state index is 0.171. The number of hydrogen-bond donors (Lipinski definition) is 0. The van der Waals surface area contributed by atoms with E-state index in [4.69, 9.17) is 0 Å². The molecule has 0 spiro atoms. The molecule has 0 unspecified atom stereocenters. The van der Waals surface area contributed by atoms with Gasteiger partial charge in [-0.25, -0.2) is 0 Å². The van der Waals surface area contributed by atoms with E-state index in [2.05, 4.69) is 62.3 Å². The molecule has 130 valence electrons. The quantitative estimate of drug-likeness (QED) is 0.362. The molecule has 0 atom stereocenters. The number of rotatable bonds is 10. The summed E-state index contributed by atoms with van der Waals surface area (Å²) in [5.41, 5.74) is 0. The molecule has 0 nitrogen and oxygen atoms in total. The first-order valence-corrected chi connectivity index (χ1v) is 18.7. The Morgan fingerprint density at radius 1 is 0.429 bits per heavy atom. The van der Waals surface area contributed by atoms with Crippen LogP contribution < -0.4 is 0 Å². The molecule has 0 aliphatic rings. The summed E-state index contributed by atoms with van der Waals surface area (Å²) in [7, 11) is -1.89. The fourth-order valence-corrected chi connectivity index (χ4v) is 27.3. The molecule has 0 aromatic rings. The van der Waals surface area contributed by atoms with E-state index in [-0.39, 0.29) is 8.80 Å². The van der Waals surface area contributed by atoms with Crippen LogP contribution in [0.25, 0.3) is 0 Å². The SMILES string of the molecule is CC[SiH](CC)CC.CC[Si](CC)(CC)[Si](CC)(CC)CC. The third kappa shape index (κ3) is 6.34. The van der Waals surface area contributed by atoms with E-state index in [9.17, 15) is 0 Å². The van der Waals surface area contributed by atoms with Crippen LogP contribution in [0, 0.1) is 0 Å². The maximum atomic E-state index is 2.47. The molecule has 0 radical (unpaired) electrons. The average Bonchev–Trinajstić information content (AvgIpc) is 2.55. The molecule has 0 aromatic heterocycles. The Labute approximate surface area is 140 Å². The summed E-state index contributed by atoms with van der Waals surface area (Å²) < 4.78 is 0. The zero-order valence-corrected chi connectivity index (χ0v) is 20.1. The van der Waals surface area contributed by atoms with Gasteiger partial charge in [0.1, 0.15) is 0 Å². The Hall–Kier alpha value is 0.651. The van der Waals surface area contributed by atoms with Gasteiger partial charge < -0.3 is 0 Å². The molecule has 0 aliphatic carbocycles. The maximum absolute atomic E-state index is 2.47. The highest BCUT2D eigenvalue weighted by atomic mass is 29.3. The zero-order valence-electron chi connectivity index (χ0n) is 16.9. The van der Waals surface area contributed by atoms with Crippen LogP contribution in [0.5, 0.6) is 0 Å². The first kappa shape index (κ1) is 23.9. The Morgan fingerprint density at radius 3 is 0.667 bits per heavy atom. The molecule has 0 amide bonds. The van der Waals surface area contributed by atoms with Crippen LogP contribution in [0.1, 0.15) is 62.3 Å². The molecule has 0 N–H and O–H groups in total. The standard InChI is InChI=1S/C12H30Si2.C6H16Si/c1-7-13(8-2,9-3)14(10-4,11-5)12-6;1-4-7(5-2)6-3/h7-12H2,1-6H3;7H,4-6H2,1-3H3. The first-order valence-electron chi connectivity index (χ1n) is 9.96. The highest BCUT2D eigenvalue weighted by Gasteiger charge is 2.47. The molecule has 0 fully saturated rings. The third-order valence-electron chi connectivity index (χ3n) is 6.92. The van der Waals surface area contributed by atoms with Crippen LogP contribution in [0.2, 0.25) is 54.4 Å². The van der Waals surface area contributed by atoms with E-state index in [1.807, 2.05) is 0 Å². The summed E-state index contributed by atoms with van der Waals surface area (Å²) >= 11 is 0. The van der Waals surface area contributed by atoms with E-state index in [0.29, 0.717) is 0 Å². The highest BCUT2D eigenvalue weighted by Crippen LogP contribution is 2.38. The van der Waals surface area contributed by atoms with Crippen molar-refractivity contribution < 1.29 is 0 Å². The van der Waals surface area contributed by atoms with Crippen molar-refractivity contribution in [2.45, 2.75) is 117 Å². The van der Waals surface area contributed by atoms with E-state index < -0.39 is 15.2 Å². The molecule has 0 heterocycles. The van der Waals surface area contributed by atoms with Crippen LogP contribution in [0.3, 0.4) is 0 Å². The Kier molecular flexibility index (Phi) is 14.9. The largest absolute Gasteiger partial charge is 0.0680 e. The molecule has 0 aromatic carbocycles. The summed E-state index contributed by atoms with van der Waals surface area (Å²) in [4.78, 5) is 0. The van der Waals surface area contributed by atoms with Gasteiger partial charge in [0, 0.05) is 24.0 Å². The maximum Gasteiger partial charge on any atom is 0.0470 e. The molecule has 0 rings (SSSR count). The molecule has 21 heavy (non-hydrogen) atoms. The lowest BCUT2D eigenvalue weighted by atomic mass is 10.9. The summed E-state index contributed by atoms with van der Waals surface area (Å²) in [5.74, 6) is 0. The van der Waals surface area contributed by atoms with Crippen LogP contribution in [0.4, 0.5) is 0 Å². The number of hydrogen-bond acceptors (Lipinski definition) is 0. The van der Waals surface area contributed by atoms with Crippen molar-refractivity contribution in [1.82, 2.24) is 0 Å². The Morgan fingerprint density at radius 2 is 0.619 bits per heavy atom. The van der Waals surface area contributed by atoms with Gasteiger partial charge in [0.15, 0.2) is 0 Å². The van der Waals surface area contributed by atoms with Gasteiger partial charge in [-0.2, -0.15) is 0 Å². The lowest BCUT2D eigenvalue weighted by Gasteiger charge is -2.46. The monoisotopic (exact) mass is 346 g/mol. The lowest BCUT2D eigenvalue weighted by Crippen LogP contribution is -2.60. The first-order chi connectivity index (χ1) is 9.96. The van der Waals surface area contributed by atoms with Crippen molar-refractivity contribution in [3.63, 3.8) is 0 Å². The van der Waals surface area contributed by atoms with Gasteiger partial charge in [0.05, 0.1) is 0 Å². The highest BCUT2D eigenvalue weighted by molar-refractivity contribution is 7.42. The van der Waals surface area contributed by atoms with Crippen molar-refractivity contribution in [3.8, 4) is 0 Å². The minimum Gasteiger partial charge on any atom is -0.0680 e. The van der Waals surface area contributed by atoms with E-state index in [1.54, 1.807) is 36.3 Å². The summed E-state index contributed by atoms with van der Waals surface area (Å²) in [6.45, 7) is 21.8. The van der Waals surface area contributed by atoms with Crippen LogP contribution in [0.15, 0.2) is 0 Å². The predicted octanol–water partition coefficient (Wildman–Crippen LogP) is 7.36. The van der Waals surface area contributed by atoms with Crippen LogP contribution in [-0.4, -0.2) is 24.0 Å². The predicted molar refractivity (Wildman–Crippen MR) is 113 cm³/mol. The topological polar surface area (TPSA) is 0 Å². The lowest BCUT2D eigenvalue weighted by molar-refractivity contribution is 1.13. The molecule has 0 aliphatic heterocycles. The van der Waals surface area contributed by atoms with Crippen molar-refractivity contribution >= 4 is 24.0 Å². The second-order valence-electron chi connectivity index (χ2n) is 6.77. The average molecular weight is 347 g/mol. The van der Waals surface area contributed by atoms with Gasteiger partial charge in [-0.05, 0) is 0 Å². The minimum atomic E-state index is -0.858. The van der Waals surface area contributed by atoms with Gasteiger partial charge in [-0.1, -0.05) is 117 Å². The zero-order chi connectivity index (χ0) is 16.9. The van der Waals surface area contributed by atoms with Gasteiger partial charge >= 0.3 is 0 Å².